The Balaban J connectivity index is 3.04. The summed E-state index contributed by atoms with van der Waals surface area (Å²) in [5.41, 5.74) is -4.10. The van der Waals surface area contributed by atoms with E-state index in [9.17, 15) is 15.0 Å². The molecule has 9 heteroatoms. The first-order chi connectivity index (χ1) is 7.31. The van der Waals surface area contributed by atoms with Crippen LogP contribution in [0.1, 0.15) is 11.0 Å². The quantitative estimate of drug-likeness (QED) is 0.262. The van der Waals surface area contributed by atoms with Gasteiger partial charge in [0.05, 0.1) is 10.5 Å². The van der Waals surface area contributed by atoms with Crippen molar-refractivity contribution in [3.63, 3.8) is 0 Å². The summed E-state index contributed by atoms with van der Waals surface area (Å²) in [5, 5.41) is 10.7. The van der Waals surface area contributed by atoms with Crippen molar-refractivity contribution in [2.75, 3.05) is 0 Å². The van der Waals surface area contributed by atoms with E-state index in [4.69, 9.17) is 4.52 Å². The summed E-state index contributed by atoms with van der Waals surface area (Å²) in [6.45, 7) is 0. The summed E-state index contributed by atoms with van der Waals surface area (Å²) in [6.07, 6.45) is 0. The number of hydrogen-bond donors (Lipinski definition) is 3. The molecule has 88 valence electrons. The second-order valence-corrected chi connectivity index (χ2v) is 8.35. The largest absolute Gasteiger partial charge is 0.338 e. The van der Waals surface area contributed by atoms with Crippen LogP contribution in [0.15, 0.2) is 24.3 Å². The Bertz CT molecular complexity index is 449. The van der Waals surface area contributed by atoms with Gasteiger partial charge in [0, 0.05) is 6.07 Å². The number of hydrogen-bond acceptors (Lipinski definition) is 5. The fourth-order valence-electron chi connectivity index (χ4n) is 1.05. The molecule has 2 unspecified atom stereocenters. The van der Waals surface area contributed by atoms with Crippen molar-refractivity contribution in [1.29, 1.82) is 0 Å². The third-order valence-corrected chi connectivity index (χ3v) is 3.21. The lowest BCUT2D eigenvalue weighted by Gasteiger charge is -2.15. The normalized spacial score (nSPS) is 16.4. The van der Waals surface area contributed by atoms with Crippen molar-refractivity contribution in [1.82, 2.24) is 0 Å². The van der Waals surface area contributed by atoms with Gasteiger partial charge in [0.2, 0.25) is 5.69 Å². The SMILES string of the molecule is O=[N+]([O-])c1ccccc1C(S)OP(O)(=S)S. The van der Waals surface area contributed by atoms with E-state index in [0.29, 0.717) is 0 Å². The summed E-state index contributed by atoms with van der Waals surface area (Å²) < 4.78 is 4.92. The van der Waals surface area contributed by atoms with Gasteiger partial charge in [-0.25, -0.2) is 0 Å². The maximum absolute atomic E-state index is 10.7. The van der Waals surface area contributed by atoms with E-state index in [0.717, 1.165) is 0 Å². The van der Waals surface area contributed by atoms with Crippen LogP contribution in [0.3, 0.4) is 0 Å². The summed E-state index contributed by atoms with van der Waals surface area (Å²) in [7, 11) is 0. The summed E-state index contributed by atoms with van der Waals surface area (Å²) >= 11 is 12.2. The van der Waals surface area contributed by atoms with E-state index in [-0.39, 0.29) is 11.3 Å². The fraction of sp³-hybridized carbons (Fsp3) is 0.143. The van der Waals surface area contributed by atoms with Gasteiger partial charge in [-0.3, -0.25) is 10.1 Å². The summed E-state index contributed by atoms with van der Waals surface area (Å²) in [4.78, 5) is 19.4. The standard InChI is InChI=1S/C7H8NO4PS3/c9-8(10)6-4-2-1-3-5(6)7(14)12-13(11,15)16/h1-4,7,14H,(H2,11,15,16). The molecule has 1 N–H and O–H groups in total. The van der Waals surface area contributed by atoms with Crippen molar-refractivity contribution in [3.8, 4) is 0 Å². The molecule has 0 saturated carbocycles. The second-order valence-electron chi connectivity index (χ2n) is 2.76. The molecule has 0 amide bonds. The Hall–Kier alpha value is -0.110. The van der Waals surface area contributed by atoms with Crippen LogP contribution in [-0.4, -0.2) is 9.82 Å². The molecule has 0 aromatic heterocycles. The minimum atomic E-state index is -3.21. The van der Waals surface area contributed by atoms with Crippen LogP contribution in [0, 0.1) is 10.1 Å². The maximum Gasteiger partial charge on any atom is 0.276 e. The molecule has 0 saturated heterocycles. The first-order valence-corrected chi connectivity index (χ1v) is 8.31. The molecule has 16 heavy (non-hydrogen) atoms. The Morgan fingerprint density at radius 2 is 2.12 bits per heavy atom. The molecule has 0 aliphatic rings. The molecule has 0 fully saturated rings. The zero-order valence-corrected chi connectivity index (χ0v) is 11.3. The molecule has 0 aliphatic heterocycles. The third-order valence-electron chi connectivity index (χ3n) is 1.64. The molecule has 2 atom stereocenters. The van der Waals surface area contributed by atoms with Crippen LogP contribution < -0.4 is 0 Å². The minimum absolute atomic E-state index is 0.140. The highest BCUT2D eigenvalue weighted by Crippen LogP contribution is 2.52. The molecular weight excluding hydrogens is 289 g/mol. The molecule has 0 spiro atoms. The van der Waals surface area contributed by atoms with Crippen LogP contribution in [0.2, 0.25) is 0 Å². The van der Waals surface area contributed by atoms with Gasteiger partial charge in [-0.1, -0.05) is 24.4 Å². The van der Waals surface area contributed by atoms with Gasteiger partial charge in [-0.15, -0.1) is 12.6 Å². The third kappa shape index (κ3) is 4.04. The van der Waals surface area contributed by atoms with Gasteiger partial charge in [-0.05, 0) is 17.9 Å². The van der Waals surface area contributed by atoms with Gasteiger partial charge in [0.25, 0.3) is 5.69 Å². The maximum atomic E-state index is 10.7. The number of nitrogens with zero attached hydrogens (tertiary/aromatic N) is 1. The van der Waals surface area contributed by atoms with Crippen molar-refractivity contribution >= 4 is 48.1 Å². The first-order valence-electron chi connectivity index (χ1n) is 3.96. The van der Waals surface area contributed by atoms with Crippen molar-refractivity contribution in [2.45, 2.75) is 5.44 Å². The van der Waals surface area contributed by atoms with Gasteiger partial charge < -0.3 is 9.42 Å². The zero-order valence-electron chi connectivity index (χ0n) is 7.76. The number of nitro groups is 1. The Labute approximate surface area is 108 Å². The predicted molar refractivity (Wildman–Crippen MR) is 71.4 cm³/mol. The number of nitro benzene ring substituents is 1. The van der Waals surface area contributed by atoms with Crippen LogP contribution in [-0.2, 0) is 16.3 Å². The molecule has 0 bridgehead atoms. The molecule has 0 radical (unpaired) electrons. The molecular formula is C7H8NO4PS3. The van der Waals surface area contributed by atoms with Crippen molar-refractivity contribution < 1.29 is 14.3 Å². The number of rotatable bonds is 4. The average Bonchev–Trinajstić information content (AvgIpc) is 2.15. The van der Waals surface area contributed by atoms with E-state index in [2.05, 4.69) is 36.7 Å². The molecule has 1 aromatic rings. The van der Waals surface area contributed by atoms with Crippen LogP contribution in [0.25, 0.3) is 0 Å². The summed E-state index contributed by atoms with van der Waals surface area (Å²) in [6, 6.07) is 5.93. The molecule has 0 heterocycles. The molecule has 0 aliphatic carbocycles. The van der Waals surface area contributed by atoms with E-state index in [1.807, 2.05) is 0 Å². The smallest absolute Gasteiger partial charge is 0.276 e. The summed E-state index contributed by atoms with van der Waals surface area (Å²) in [5.74, 6) is 0. The lowest BCUT2D eigenvalue weighted by molar-refractivity contribution is -0.385. The highest BCUT2D eigenvalue weighted by Gasteiger charge is 2.22. The van der Waals surface area contributed by atoms with Crippen LogP contribution >= 0.6 is 30.6 Å². The monoisotopic (exact) mass is 297 g/mol. The van der Waals surface area contributed by atoms with E-state index in [1.165, 1.54) is 18.2 Å². The molecule has 5 nitrogen and oxygen atoms in total. The van der Waals surface area contributed by atoms with Crippen LogP contribution in [0.4, 0.5) is 5.69 Å². The van der Waals surface area contributed by atoms with E-state index >= 15 is 0 Å². The Kier molecular flexibility index (Phi) is 4.78. The molecule has 1 aromatic carbocycles. The number of benzene rings is 1. The highest BCUT2D eigenvalue weighted by molar-refractivity contribution is 8.59. The Morgan fingerprint density at radius 3 is 2.62 bits per heavy atom. The number of thiol groups is 2. The van der Waals surface area contributed by atoms with Gasteiger partial charge in [0.15, 0.2) is 0 Å². The first kappa shape index (κ1) is 14.0. The minimum Gasteiger partial charge on any atom is -0.338 e. The highest BCUT2D eigenvalue weighted by atomic mass is 32.9. The van der Waals surface area contributed by atoms with Crippen molar-refractivity contribution in [2.24, 2.45) is 0 Å². The second kappa shape index (κ2) is 5.48. The zero-order chi connectivity index (χ0) is 12.3. The lowest BCUT2D eigenvalue weighted by atomic mass is 10.2. The van der Waals surface area contributed by atoms with E-state index < -0.39 is 16.1 Å². The Morgan fingerprint density at radius 1 is 1.56 bits per heavy atom. The van der Waals surface area contributed by atoms with Gasteiger partial charge in [-0.2, -0.15) is 0 Å². The average molecular weight is 297 g/mol. The van der Waals surface area contributed by atoms with E-state index in [1.54, 1.807) is 6.07 Å². The number of para-hydroxylation sites is 1. The predicted octanol–water partition coefficient (Wildman–Crippen LogP) is 2.69. The van der Waals surface area contributed by atoms with Gasteiger partial charge in [0.1, 0.15) is 5.44 Å². The fourth-order valence-corrected chi connectivity index (χ4v) is 3.01. The topological polar surface area (TPSA) is 72.6 Å². The lowest BCUT2D eigenvalue weighted by Crippen LogP contribution is -1.99. The van der Waals surface area contributed by atoms with Crippen molar-refractivity contribution in [3.05, 3.63) is 39.9 Å². The van der Waals surface area contributed by atoms with Gasteiger partial charge >= 0.3 is 0 Å². The van der Waals surface area contributed by atoms with Crippen LogP contribution in [0.5, 0.6) is 0 Å². The molecule has 1 rings (SSSR count).